The zero-order valence-corrected chi connectivity index (χ0v) is 10.7. The summed E-state index contributed by atoms with van der Waals surface area (Å²) in [4.78, 5) is 24.7. The van der Waals surface area contributed by atoms with Crippen molar-refractivity contribution in [3.05, 3.63) is 63.1 Å². The average Bonchev–Trinajstić information content (AvgIpc) is 2.51. The molecule has 0 radical (unpaired) electrons. The maximum absolute atomic E-state index is 13.4. The van der Waals surface area contributed by atoms with E-state index in [1.807, 2.05) is 0 Å². The molecule has 0 saturated carbocycles. The number of hydrogen-bond acceptors (Lipinski definition) is 4. The van der Waals surface area contributed by atoms with Crippen LogP contribution in [0.2, 0.25) is 0 Å². The molecule has 0 spiro atoms. The summed E-state index contributed by atoms with van der Waals surface area (Å²) in [6, 6.07) is 1.84. The Labute approximate surface area is 123 Å². The molecule has 0 aliphatic carbocycles. The van der Waals surface area contributed by atoms with E-state index in [2.05, 4.69) is 4.98 Å². The lowest BCUT2D eigenvalue weighted by Gasteiger charge is -2.08. The first-order chi connectivity index (χ1) is 10.7. The van der Waals surface area contributed by atoms with Gasteiger partial charge in [0.05, 0.1) is 4.92 Å². The molecule has 11 heteroatoms. The van der Waals surface area contributed by atoms with E-state index in [1.54, 1.807) is 5.32 Å². The molecule has 2 rings (SSSR count). The van der Waals surface area contributed by atoms with E-state index < -0.39 is 51.2 Å². The summed E-state index contributed by atoms with van der Waals surface area (Å²) >= 11 is 0. The number of aromatic nitrogens is 1. The molecule has 1 aromatic heterocycles. The van der Waals surface area contributed by atoms with E-state index in [4.69, 9.17) is 0 Å². The highest BCUT2D eigenvalue weighted by Gasteiger charge is 2.29. The number of amides is 1. The summed E-state index contributed by atoms with van der Waals surface area (Å²) < 4.78 is 65.8. The summed E-state index contributed by atoms with van der Waals surface area (Å²) in [7, 11) is 0. The van der Waals surface area contributed by atoms with Crippen molar-refractivity contribution in [2.45, 2.75) is 0 Å². The van der Waals surface area contributed by atoms with Crippen molar-refractivity contribution >= 4 is 17.4 Å². The molecule has 1 aromatic carbocycles. The number of nitrogens with zero attached hydrogens (tertiary/aromatic N) is 2. The third-order valence-electron chi connectivity index (χ3n) is 2.64. The summed E-state index contributed by atoms with van der Waals surface area (Å²) in [5.41, 5.74) is -2.12. The zero-order chi connectivity index (χ0) is 17.3. The smallest absolute Gasteiger partial charge is 0.287 e. The fraction of sp³-hybridized carbons (Fsp3) is 0. The molecule has 2 aromatic rings. The van der Waals surface area contributed by atoms with Gasteiger partial charge in [0, 0.05) is 6.07 Å². The number of carbonyl (C=O) groups excluding carboxylic acids is 1. The molecule has 6 nitrogen and oxygen atoms in total. The first kappa shape index (κ1) is 16.3. The summed E-state index contributed by atoms with van der Waals surface area (Å²) in [6.07, 6.45) is 0.730. The van der Waals surface area contributed by atoms with Crippen LogP contribution < -0.4 is 5.32 Å². The minimum atomic E-state index is -2.40. The van der Waals surface area contributed by atoms with E-state index in [-0.39, 0.29) is 5.82 Å². The quantitative estimate of drug-likeness (QED) is 0.308. The van der Waals surface area contributed by atoms with Gasteiger partial charge < -0.3 is 5.32 Å². The normalized spacial score (nSPS) is 10.5. The zero-order valence-electron chi connectivity index (χ0n) is 10.7. The van der Waals surface area contributed by atoms with Gasteiger partial charge in [-0.05, 0) is 6.07 Å². The molecule has 23 heavy (non-hydrogen) atoms. The number of hydrogen-bond donors (Lipinski definition) is 1. The van der Waals surface area contributed by atoms with Gasteiger partial charge in [0.1, 0.15) is 17.6 Å². The van der Waals surface area contributed by atoms with E-state index in [9.17, 15) is 36.9 Å². The fourth-order valence-electron chi connectivity index (χ4n) is 1.55. The Morgan fingerprint density at radius 3 is 1.96 bits per heavy atom. The van der Waals surface area contributed by atoms with Gasteiger partial charge in [0.25, 0.3) is 11.6 Å². The van der Waals surface area contributed by atoms with Gasteiger partial charge in [-0.3, -0.25) is 14.9 Å². The molecular formula is C12H4F5N3O3. The van der Waals surface area contributed by atoms with Crippen molar-refractivity contribution in [3.63, 3.8) is 0 Å². The monoisotopic (exact) mass is 333 g/mol. The molecule has 1 N–H and O–H groups in total. The Morgan fingerprint density at radius 2 is 1.52 bits per heavy atom. The van der Waals surface area contributed by atoms with E-state index in [0.29, 0.717) is 0 Å². The molecule has 0 unspecified atom stereocenters. The van der Waals surface area contributed by atoms with Crippen LogP contribution in [0.5, 0.6) is 0 Å². The summed E-state index contributed by atoms with van der Waals surface area (Å²) in [5.74, 6) is -13.6. The van der Waals surface area contributed by atoms with Crippen molar-refractivity contribution in [2.24, 2.45) is 0 Å². The SMILES string of the molecule is O=C(Nc1ccc([N+](=O)[O-])cn1)c1c(F)c(F)c(F)c(F)c1F. The van der Waals surface area contributed by atoms with Crippen LogP contribution >= 0.6 is 0 Å². The number of halogens is 5. The topological polar surface area (TPSA) is 85.1 Å². The summed E-state index contributed by atoms with van der Waals surface area (Å²) in [6.45, 7) is 0. The van der Waals surface area contributed by atoms with Crippen molar-refractivity contribution in [3.8, 4) is 0 Å². The van der Waals surface area contributed by atoms with Crippen LogP contribution in [0.15, 0.2) is 18.3 Å². The van der Waals surface area contributed by atoms with Gasteiger partial charge in [0.2, 0.25) is 5.82 Å². The third kappa shape index (κ3) is 2.93. The Balaban J connectivity index is 2.36. The number of nitrogens with one attached hydrogen (secondary N) is 1. The molecule has 0 aliphatic heterocycles. The van der Waals surface area contributed by atoms with Gasteiger partial charge in [-0.25, -0.2) is 26.9 Å². The van der Waals surface area contributed by atoms with Gasteiger partial charge >= 0.3 is 0 Å². The Kier molecular flexibility index (Phi) is 4.20. The highest BCUT2D eigenvalue weighted by molar-refractivity contribution is 6.04. The number of anilines is 1. The lowest BCUT2D eigenvalue weighted by molar-refractivity contribution is -0.385. The molecule has 0 aliphatic rings. The van der Waals surface area contributed by atoms with Gasteiger partial charge in [-0.2, -0.15) is 0 Å². The van der Waals surface area contributed by atoms with Gasteiger partial charge in [-0.1, -0.05) is 0 Å². The van der Waals surface area contributed by atoms with Crippen molar-refractivity contribution < 1.29 is 31.7 Å². The number of rotatable bonds is 3. The lowest BCUT2D eigenvalue weighted by Crippen LogP contribution is -2.19. The van der Waals surface area contributed by atoms with Crippen LogP contribution in [-0.4, -0.2) is 15.8 Å². The van der Waals surface area contributed by atoms with Crippen LogP contribution in [0.1, 0.15) is 10.4 Å². The van der Waals surface area contributed by atoms with Crippen molar-refractivity contribution in [2.75, 3.05) is 5.32 Å². The second-order valence-corrected chi connectivity index (χ2v) is 4.06. The maximum Gasteiger partial charge on any atom is 0.287 e. The van der Waals surface area contributed by atoms with E-state index in [1.165, 1.54) is 0 Å². The molecule has 1 amide bonds. The van der Waals surface area contributed by atoms with E-state index in [0.717, 1.165) is 18.3 Å². The third-order valence-corrected chi connectivity index (χ3v) is 2.64. The second kappa shape index (κ2) is 5.94. The van der Waals surface area contributed by atoms with Crippen LogP contribution in [0, 0.1) is 39.2 Å². The highest BCUT2D eigenvalue weighted by Crippen LogP contribution is 2.24. The minimum Gasteiger partial charge on any atom is -0.306 e. The van der Waals surface area contributed by atoms with Crippen molar-refractivity contribution in [1.82, 2.24) is 4.98 Å². The first-order valence-corrected chi connectivity index (χ1v) is 5.67. The summed E-state index contributed by atoms with van der Waals surface area (Å²) in [5, 5.41) is 12.2. The predicted octanol–water partition coefficient (Wildman–Crippen LogP) is 2.94. The van der Waals surface area contributed by atoms with E-state index >= 15 is 0 Å². The Bertz CT molecular complexity index is 782. The lowest BCUT2D eigenvalue weighted by atomic mass is 10.1. The average molecular weight is 333 g/mol. The molecule has 120 valence electrons. The van der Waals surface area contributed by atoms with Crippen LogP contribution in [0.3, 0.4) is 0 Å². The van der Waals surface area contributed by atoms with Crippen LogP contribution in [0.25, 0.3) is 0 Å². The second-order valence-electron chi connectivity index (χ2n) is 4.06. The number of carbonyl (C=O) groups is 1. The Hall–Kier alpha value is -3.11. The molecular weight excluding hydrogens is 329 g/mol. The van der Waals surface area contributed by atoms with Crippen molar-refractivity contribution in [1.29, 1.82) is 0 Å². The molecule has 0 saturated heterocycles. The number of nitro groups is 1. The largest absolute Gasteiger partial charge is 0.306 e. The maximum atomic E-state index is 13.4. The number of pyridine rings is 1. The standard InChI is InChI=1S/C12H4F5N3O3/c13-7-6(8(14)10(16)11(17)9(7)15)12(21)19-5-2-1-4(3-18-5)20(22)23/h1-3H,(H,18,19,21). The molecule has 0 fully saturated rings. The minimum absolute atomic E-state index is 0.385. The highest BCUT2D eigenvalue weighted by atomic mass is 19.2. The molecule has 0 bridgehead atoms. The molecule has 1 heterocycles. The first-order valence-electron chi connectivity index (χ1n) is 5.67. The van der Waals surface area contributed by atoms with Gasteiger partial charge in [0.15, 0.2) is 23.3 Å². The van der Waals surface area contributed by atoms with Crippen LogP contribution in [-0.2, 0) is 0 Å². The Morgan fingerprint density at radius 1 is 1.00 bits per heavy atom. The fourth-order valence-corrected chi connectivity index (χ4v) is 1.55. The van der Waals surface area contributed by atoms with Gasteiger partial charge in [-0.15, -0.1) is 0 Å². The number of benzene rings is 1. The molecule has 0 atom stereocenters. The predicted molar refractivity (Wildman–Crippen MR) is 65.1 cm³/mol. The van der Waals surface area contributed by atoms with Crippen LogP contribution in [0.4, 0.5) is 33.5 Å².